The predicted molar refractivity (Wildman–Crippen MR) is 121 cm³/mol. The summed E-state index contributed by atoms with van der Waals surface area (Å²) in [7, 11) is 0. The highest BCUT2D eigenvalue weighted by atomic mass is 16.7. The summed E-state index contributed by atoms with van der Waals surface area (Å²) in [6.07, 6.45) is 1.65. The number of piperidine rings is 1. The molecule has 1 atom stereocenters. The third kappa shape index (κ3) is 8.55. The number of carbonyl (C=O) groups is 5. The SMILES string of the molecule is CCC(=O)NOc1ccc(NC(=O)C(C)NC(=O)CCC(=O)N2CCC(C(C)=O)CC2)cc1. The zero-order valence-electron chi connectivity index (χ0n) is 19.3. The number of hydroxylamine groups is 1. The van der Waals surface area contributed by atoms with Gasteiger partial charge in [0, 0.05) is 44.0 Å². The molecule has 0 aromatic heterocycles. The van der Waals surface area contributed by atoms with E-state index < -0.39 is 11.9 Å². The third-order valence-corrected chi connectivity index (χ3v) is 5.48. The molecule has 1 aromatic rings. The molecule has 1 heterocycles. The van der Waals surface area contributed by atoms with Gasteiger partial charge in [0.2, 0.25) is 17.7 Å². The van der Waals surface area contributed by atoms with Crippen LogP contribution in [0.4, 0.5) is 5.69 Å². The normalized spacial score (nSPS) is 14.7. The van der Waals surface area contributed by atoms with E-state index in [-0.39, 0.29) is 42.3 Å². The molecule has 1 saturated heterocycles. The summed E-state index contributed by atoms with van der Waals surface area (Å²) in [5.74, 6) is -0.598. The smallest absolute Gasteiger partial charge is 0.252 e. The molecule has 1 unspecified atom stereocenters. The van der Waals surface area contributed by atoms with Crippen LogP contribution in [-0.4, -0.2) is 53.4 Å². The number of hydrogen-bond donors (Lipinski definition) is 3. The van der Waals surface area contributed by atoms with E-state index in [2.05, 4.69) is 16.1 Å². The Morgan fingerprint density at radius 1 is 1.03 bits per heavy atom. The predicted octanol–water partition coefficient (Wildman–Crippen LogP) is 1.56. The third-order valence-electron chi connectivity index (χ3n) is 5.48. The Morgan fingerprint density at radius 2 is 1.67 bits per heavy atom. The molecule has 1 aliphatic rings. The highest BCUT2D eigenvalue weighted by Gasteiger charge is 2.25. The standard InChI is InChI=1S/C23H32N4O6/c1-4-20(29)26-33-19-7-5-18(6-8-19)25-23(32)15(2)24-21(30)9-10-22(31)27-13-11-17(12-14-27)16(3)28/h5-8,15,17H,4,9-14H2,1-3H3,(H,24,30)(H,25,32)(H,26,29). The van der Waals surface area contributed by atoms with Crippen LogP contribution in [0.5, 0.6) is 5.75 Å². The summed E-state index contributed by atoms with van der Waals surface area (Å²) in [4.78, 5) is 66.3. The fourth-order valence-corrected chi connectivity index (χ4v) is 3.34. The van der Waals surface area contributed by atoms with Crippen molar-refractivity contribution in [2.24, 2.45) is 5.92 Å². The lowest BCUT2D eigenvalue weighted by Crippen LogP contribution is -2.43. The van der Waals surface area contributed by atoms with Crippen molar-refractivity contribution in [2.75, 3.05) is 18.4 Å². The first-order chi connectivity index (χ1) is 15.7. The van der Waals surface area contributed by atoms with Crippen molar-refractivity contribution in [1.29, 1.82) is 0 Å². The van der Waals surface area contributed by atoms with E-state index in [9.17, 15) is 24.0 Å². The lowest BCUT2D eigenvalue weighted by atomic mass is 9.93. The molecule has 0 saturated carbocycles. The zero-order valence-corrected chi connectivity index (χ0v) is 19.3. The van der Waals surface area contributed by atoms with Gasteiger partial charge in [0.05, 0.1) is 0 Å². The minimum Gasteiger partial charge on any atom is -0.380 e. The summed E-state index contributed by atoms with van der Waals surface area (Å²) in [6.45, 7) is 5.88. The number of nitrogens with zero attached hydrogens (tertiary/aromatic N) is 1. The summed E-state index contributed by atoms with van der Waals surface area (Å²) in [5, 5.41) is 5.27. The van der Waals surface area contributed by atoms with Gasteiger partial charge in [-0.1, -0.05) is 6.92 Å². The lowest BCUT2D eigenvalue weighted by Gasteiger charge is -2.30. The number of anilines is 1. The summed E-state index contributed by atoms with van der Waals surface area (Å²) >= 11 is 0. The highest BCUT2D eigenvalue weighted by molar-refractivity contribution is 5.97. The number of rotatable bonds is 10. The molecule has 33 heavy (non-hydrogen) atoms. The monoisotopic (exact) mass is 460 g/mol. The first-order valence-corrected chi connectivity index (χ1v) is 11.1. The van der Waals surface area contributed by atoms with E-state index in [1.54, 1.807) is 49.9 Å². The molecule has 180 valence electrons. The van der Waals surface area contributed by atoms with Gasteiger partial charge in [-0.3, -0.25) is 24.0 Å². The van der Waals surface area contributed by atoms with Crippen LogP contribution in [0.15, 0.2) is 24.3 Å². The van der Waals surface area contributed by atoms with E-state index >= 15 is 0 Å². The van der Waals surface area contributed by atoms with Gasteiger partial charge in [0.15, 0.2) is 5.75 Å². The Labute approximate surface area is 193 Å². The van der Waals surface area contributed by atoms with Gasteiger partial charge in [-0.05, 0) is 51.0 Å². The quantitative estimate of drug-likeness (QED) is 0.454. The van der Waals surface area contributed by atoms with Crippen molar-refractivity contribution < 1.29 is 28.8 Å². The Bertz CT molecular complexity index is 862. The number of ketones is 1. The zero-order chi connectivity index (χ0) is 24.4. The molecule has 0 aliphatic carbocycles. The molecule has 2 rings (SSSR count). The Morgan fingerprint density at radius 3 is 2.24 bits per heavy atom. The molecule has 1 aliphatic heterocycles. The fourth-order valence-electron chi connectivity index (χ4n) is 3.34. The Balaban J connectivity index is 1.71. The second-order valence-electron chi connectivity index (χ2n) is 8.05. The van der Waals surface area contributed by atoms with Gasteiger partial charge in [-0.2, -0.15) is 5.48 Å². The van der Waals surface area contributed by atoms with Crippen molar-refractivity contribution in [3.05, 3.63) is 24.3 Å². The van der Waals surface area contributed by atoms with Crippen LogP contribution in [0.1, 0.15) is 52.9 Å². The number of hydrogen-bond acceptors (Lipinski definition) is 6. The van der Waals surface area contributed by atoms with Crippen molar-refractivity contribution in [3.8, 4) is 5.75 Å². The minimum atomic E-state index is -0.793. The maximum Gasteiger partial charge on any atom is 0.252 e. The first-order valence-electron chi connectivity index (χ1n) is 11.1. The number of Topliss-reactive ketones (excluding diaryl/α,β-unsaturated/α-hetero) is 1. The van der Waals surface area contributed by atoms with E-state index in [1.165, 1.54) is 0 Å². The molecule has 3 N–H and O–H groups in total. The minimum absolute atomic E-state index is 0.0153. The Kier molecular flexibility index (Phi) is 9.84. The highest BCUT2D eigenvalue weighted by Crippen LogP contribution is 2.19. The first kappa shape index (κ1) is 25.8. The largest absolute Gasteiger partial charge is 0.380 e. The van der Waals surface area contributed by atoms with Crippen molar-refractivity contribution in [3.63, 3.8) is 0 Å². The van der Waals surface area contributed by atoms with Crippen LogP contribution in [0.2, 0.25) is 0 Å². The van der Waals surface area contributed by atoms with Crippen LogP contribution in [0.3, 0.4) is 0 Å². The number of carbonyl (C=O) groups excluding carboxylic acids is 5. The van der Waals surface area contributed by atoms with Crippen molar-refractivity contribution in [2.45, 2.75) is 58.9 Å². The lowest BCUT2D eigenvalue weighted by molar-refractivity contribution is -0.136. The number of benzene rings is 1. The second-order valence-corrected chi connectivity index (χ2v) is 8.05. The molecule has 1 aromatic carbocycles. The van der Waals surface area contributed by atoms with Crippen molar-refractivity contribution in [1.82, 2.24) is 15.7 Å². The van der Waals surface area contributed by atoms with E-state index in [0.717, 1.165) is 0 Å². The van der Waals surface area contributed by atoms with E-state index in [1.807, 2.05) is 0 Å². The van der Waals surface area contributed by atoms with Gasteiger partial charge in [-0.15, -0.1) is 0 Å². The van der Waals surface area contributed by atoms with Gasteiger partial charge in [0.25, 0.3) is 5.91 Å². The molecular formula is C23H32N4O6. The maximum atomic E-state index is 12.3. The fraction of sp³-hybridized carbons (Fsp3) is 0.522. The summed E-state index contributed by atoms with van der Waals surface area (Å²) in [6, 6.07) is 5.58. The Hall–Kier alpha value is -3.43. The van der Waals surface area contributed by atoms with E-state index in [0.29, 0.717) is 43.8 Å². The number of amides is 4. The van der Waals surface area contributed by atoms with Gasteiger partial charge in [0.1, 0.15) is 11.8 Å². The van der Waals surface area contributed by atoms with Crippen molar-refractivity contribution >= 4 is 35.1 Å². The number of likely N-dealkylation sites (tertiary alicyclic amines) is 1. The van der Waals surface area contributed by atoms with Crippen LogP contribution in [0, 0.1) is 5.92 Å². The van der Waals surface area contributed by atoms with Gasteiger partial charge >= 0.3 is 0 Å². The second kappa shape index (κ2) is 12.6. The summed E-state index contributed by atoms with van der Waals surface area (Å²) < 4.78 is 0. The molecule has 0 bridgehead atoms. The van der Waals surface area contributed by atoms with Gasteiger partial charge < -0.3 is 20.4 Å². The molecular weight excluding hydrogens is 428 g/mol. The molecule has 10 nitrogen and oxygen atoms in total. The van der Waals surface area contributed by atoms with Crippen LogP contribution < -0.4 is 21.0 Å². The van der Waals surface area contributed by atoms with E-state index in [4.69, 9.17) is 4.84 Å². The summed E-state index contributed by atoms with van der Waals surface area (Å²) in [5.41, 5.74) is 2.78. The van der Waals surface area contributed by atoms with Crippen LogP contribution in [-0.2, 0) is 24.0 Å². The average molecular weight is 461 g/mol. The molecule has 4 amide bonds. The molecule has 1 fully saturated rings. The molecule has 0 spiro atoms. The number of nitrogens with one attached hydrogen (secondary N) is 3. The van der Waals surface area contributed by atoms with Crippen LogP contribution >= 0.6 is 0 Å². The van der Waals surface area contributed by atoms with Gasteiger partial charge in [-0.25, -0.2) is 0 Å². The molecule has 0 radical (unpaired) electrons. The average Bonchev–Trinajstić information content (AvgIpc) is 2.81. The topological polar surface area (TPSA) is 134 Å². The maximum absolute atomic E-state index is 12.3. The molecule has 10 heteroatoms. The van der Waals surface area contributed by atoms with Crippen LogP contribution in [0.25, 0.3) is 0 Å².